The zero-order chi connectivity index (χ0) is 16.8. The first-order chi connectivity index (χ1) is 11.1. The molecular weight excluding hydrogens is 290 g/mol. The Kier molecular flexibility index (Phi) is 5.63. The number of methoxy groups -OCH3 is 2. The van der Waals surface area contributed by atoms with Crippen molar-refractivity contribution in [3.8, 4) is 11.5 Å². The van der Waals surface area contributed by atoms with E-state index in [1.165, 1.54) is 12.7 Å². The predicted octanol–water partition coefficient (Wildman–Crippen LogP) is 4.47. The standard InChI is InChI=1S/C19H23NO3/c1-5-13(2)14-9-11-15(12-10-14)20-19(21)16-7-6-8-17(22-3)18(16)23-4/h6-13H,5H2,1-4H3,(H,20,21). The van der Waals surface area contributed by atoms with Gasteiger partial charge in [-0.2, -0.15) is 0 Å². The maximum absolute atomic E-state index is 12.5. The number of anilines is 1. The number of ether oxygens (including phenoxy) is 2. The highest BCUT2D eigenvalue weighted by Crippen LogP contribution is 2.31. The Labute approximate surface area is 137 Å². The van der Waals surface area contributed by atoms with E-state index in [0.717, 1.165) is 12.1 Å². The first-order valence-corrected chi connectivity index (χ1v) is 7.73. The first-order valence-electron chi connectivity index (χ1n) is 7.73. The minimum absolute atomic E-state index is 0.225. The molecule has 0 heterocycles. The highest BCUT2D eigenvalue weighted by molar-refractivity contribution is 6.06. The molecule has 0 saturated heterocycles. The van der Waals surface area contributed by atoms with E-state index in [4.69, 9.17) is 9.47 Å². The van der Waals surface area contributed by atoms with Crippen molar-refractivity contribution < 1.29 is 14.3 Å². The molecule has 0 radical (unpaired) electrons. The van der Waals surface area contributed by atoms with Gasteiger partial charge in [0.05, 0.1) is 19.8 Å². The highest BCUT2D eigenvalue weighted by Gasteiger charge is 2.16. The summed E-state index contributed by atoms with van der Waals surface area (Å²) in [7, 11) is 3.07. The summed E-state index contributed by atoms with van der Waals surface area (Å²) in [5.41, 5.74) is 2.47. The minimum Gasteiger partial charge on any atom is -0.493 e. The third-order valence-corrected chi connectivity index (χ3v) is 4.00. The lowest BCUT2D eigenvalue weighted by molar-refractivity contribution is 0.102. The Bertz CT molecular complexity index is 665. The number of nitrogens with one attached hydrogen (secondary N) is 1. The molecule has 4 heteroatoms. The van der Waals surface area contributed by atoms with Gasteiger partial charge in [-0.1, -0.05) is 32.0 Å². The zero-order valence-corrected chi connectivity index (χ0v) is 14.1. The average Bonchev–Trinajstić information content (AvgIpc) is 2.60. The van der Waals surface area contributed by atoms with Crippen LogP contribution in [0.5, 0.6) is 11.5 Å². The second kappa shape index (κ2) is 7.68. The van der Waals surface area contributed by atoms with Gasteiger partial charge in [-0.25, -0.2) is 0 Å². The number of hydrogen-bond donors (Lipinski definition) is 1. The molecule has 1 atom stereocenters. The van der Waals surface area contributed by atoms with Gasteiger partial charge in [-0.3, -0.25) is 4.79 Å². The smallest absolute Gasteiger partial charge is 0.259 e. The number of rotatable bonds is 6. The Morgan fingerprint density at radius 1 is 1.09 bits per heavy atom. The van der Waals surface area contributed by atoms with Crippen molar-refractivity contribution in [3.63, 3.8) is 0 Å². The topological polar surface area (TPSA) is 47.6 Å². The summed E-state index contributed by atoms with van der Waals surface area (Å²) in [4.78, 5) is 12.5. The minimum atomic E-state index is -0.225. The lowest BCUT2D eigenvalue weighted by Crippen LogP contribution is -2.13. The number of para-hydroxylation sites is 1. The molecule has 2 rings (SSSR count). The molecule has 0 aliphatic carbocycles. The Balaban J connectivity index is 2.19. The number of amides is 1. The van der Waals surface area contributed by atoms with Gasteiger partial charge in [-0.05, 0) is 42.2 Å². The van der Waals surface area contributed by atoms with Gasteiger partial charge in [0, 0.05) is 5.69 Å². The average molecular weight is 313 g/mol. The molecule has 0 bridgehead atoms. The molecular formula is C19H23NO3. The van der Waals surface area contributed by atoms with Crippen molar-refractivity contribution in [1.29, 1.82) is 0 Å². The molecule has 2 aromatic carbocycles. The maximum Gasteiger partial charge on any atom is 0.259 e. The molecule has 0 aliphatic heterocycles. The SMILES string of the molecule is CCC(C)c1ccc(NC(=O)c2cccc(OC)c2OC)cc1. The van der Waals surface area contributed by atoms with Gasteiger partial charge in [-0.15, -0.1) is 0 Å². The molecule has 0 spiro atoms. The molecule has 4 nitrogen and oxygen atoms in total. The summed E-state index contributed by atoms with van der Waals surface area (Å²) in [5, 5.41) is 2.89. The summed E-state index contributed by atoms with van der Waals surface area (Å²) in [6, 6.07) is 13.2. The lowest BCUT2D eigenvalue weighted by atomic mass is 9.98. The van der Waals surface area contributed by atoms with Crippen LogP contribution in [0.15, 0.2) is 42.5 Å². The van der Waals surface area contributed by atoms with Gasteiger partial charge in [0.25, 0.3) is 5.91 Å². The van der Waals surface area contributed by atoms with E-state index in [9.17, 15) is 4.79 Å². The van der Waals surface area contributed by atoms with Crippen molar-refractivity contribution in [2.75, 3.05) is 19.5 Å². The molecule has 1 N–H and O–H groups in total. The summed E-state index contributed by atoms with van der Waals surface area (Å²) in [5.74, 6) is 1.26. The van der Waals surface area contributed by atoms with Gasteiger partial charge in [0.1, 0.15) is 0 Å². The van der Waals surface area contributed by atoms with Crippen LogP contribution in [-0.4, -0.2) is 20.1 Å². The summed E-state index contributed by atoms with van der Waals surface area (Å²) in [6.07, 6.45) is 1.09. The molecule has 1 unspecified atom stereocenters. The fourth-order valence-corrected chi connectivity index (χ4v) is 2.40. The monoisotopic (exact) mass is 313 g/mol. The Morgan fingerprint density at radius 2 is 1.78 bits per heavy atom. The Hall–Kier alpha value is -2.49. The van der Waals surface area contributed by atoms with Crippen molar-refractivity contribution in [1.82, 2.24) is 0 Å². The van der Waals surface area contributed by atoms with Crippen LogP contribution in [0.2, 0.25) is 0 Å². The van der Waals surface area contributed by atoms with E-state index >= 15 is 0 Å². The molecule has 0 fully saturated rings. The quantitative estimate of drug-likeness (QED) is 0.856. The number of carbonyl (C=O) groups is 1. The van der Waals surface area contributed by atoms with Crippen LogP contribution in [0.3, 0.4) is 0 Å². The van der Waals surface area contributed by atoms with E-state index in [0.29, 0.717) is 23.0 Å². The van der Waals surface area contributed by atoms with Crippen LogP contribution in [0.1, 0.15) is 42.1 Å². The number of benzene rings is 2. The van der Waals surface area contributed by atoms with E-state index in [2.05, 4.69) is 19.2 Å². The molecule has 23 heavy (non-hydrogen) atoms. The second-order valence-electron chi connectivity index (χ2n) is 5.43. The van der Waals surface area contributed by atoms with Crippen LogP contribution in [0.25, 0.3) is 0 Å². The van der Waals surface area contributed by atoms with Gasteiger partial charge in [0.15, 0.2) is 11.5 Å². The van der Waals surface area contributed by atoms with Crippen molar-refractivity contribution in [3.05, 3.63) is 53.6 Å². The van der Waals surface area contributed by atoms with E-state index in [1.54, 1.807) is 25.3 Å². The number of carbonyl (C=O) groups excluding carboxylic acids is 1. The zero-order valence-electron chi connectivity index (χ0n) is 14.1. The van der Waals surface area contributed by atoms with Crippen molar-refractivity contribution in [2.45, 2.75) is 26.2 Å². The van der Waals surface area contributed by atoms with Crippen LogP contribution in [-0.2, 0) is 0 Å². The van der Waals surface area contributed by atoms with Crippen LogP contribution in [0, 0.1) is 0 Å². The molecule has 0 aliphatic rings. The summed E-state index contributed by atoms with van der Waals surface area (Å²) < 4.78 is 10.5. The first kappa shape index (κ1) is 16.9. The van der Waals surface area contributed by atoms with E-state index in [1.807, 2.05) is 24.3 Å². The molecule has 1 amide bonds. The molecule has 0 saturated carbocycles. The van der Waals surface area contributed by atoms with Gasteiger partial charge >= 0.3 is 0 Å². The Morgan fingerprint density at radius 3 is 2.35 bits per heavy atom. The molecule has 122 valence electrons. The van der Waals surface area contributed by atoms with E-state index < -0.39 is 0 Å². The van der Waals surface area contributed by atoms with Crippen molar-refractivity contribution >= 4 is 11.6 Å². The second-order valence-corrected chi connectivity index (χ2v) is 5.43. The normalized spacial score (nSPS) is 11.7. The third-order valence-electron chi connectivity index (χ3n) is 4.00. The summed E-state index contributed by atoms with van der Waals surface area (Å²) >= 11 is 0. The summed E-state index contributed by atoms with van der Waals surface area (Å²) in [6.45, 7) is 4.35. The number of hydrogen-bond acceptors (Lipinski definition) is 3. The van der Waals surface area contributed by atoms with E-state index in [-0.39, 0.29) is 5.91 Å². The predicted molar refractivity (Wildman–Crippen MR) is 92.6 cm³/mol. The fourth-order valence-electron chi connectivity index (χ4n) is 2.40. The molecule has 0 aromatic heterocycles. The highest BCUT2D eigenvalue weighted by atomic mass is 16.5. The van der Waals surface area contributed by atoms with Crippen molar-refractivity contribution in [2.24, 2.45) is 0 Å². The third kappa shape index (κ3) is 3.83. The van der Waals surface area contributed by atoms with Crippen LogP contribution >= 0.6 is 0 Å². The van der Waals surface area contributed by atoms with Gasteiger partial charge in [0.2, 0.25) is 0 Å². The lowest BCUT2D eigenvalue weighted by Gasteiger charge is -2.13. The fraction of sp³-hybridized carbons (Fsp3) is 0.316. The van der Waals surface area contributed by atoms with Gasteiger partial charge < -0.3 is 14.8 Å². The van der Waals surface area contributed by atoms with Crippen LogP contribution in [0.4, 0.5) is 5.69 Å². The molecule has 2 aromatic rings. The van der Waals surface area contributed by atoms with Crippen LogP contribution < -0.4 is 14.8 Å². The largest absolute Gasteiger partial charge is 0.493 e. The maximum atomic E-state index is 12.5.